The molecule has 1 aliphatic heterocycles. The highest BCUT2D eigenvalue weighted by atomic mass is 19.3. The summed E-state index contributed by atoms with van der Waals surface area (Å²) in [4.78, 5) is 13.2. The molecular weight excluding hydrogens is 266 g/mol. The molecule has 2 rings (SSSR count). The van der Waals surface area contributed by atoms with Gasteiger partial charge in [0.2, 0.25) is 0 Å². The van der Waals surface area contributed by atoms with E-state index < -0.39 is 24.5 Å². The average Bonchev–Trinajstić information content (AvgIpc) is 2.57. The Labute approximate surface area is 116 Å². The minimum Gasteiger partial charge on any atom is -0.445 e. The van der Waals surface area contributed by atoms with E-state index >= 15 is 0 Å². The van der Waals surface area contributed by atoms with Crippen LogP contribution in [-0.4, -0.2) is 36.0 Å². The lowest BCUT2D eigenvalue weighted by molar-refractivity contribution is -0.0294. The number of alkyl halides is 2. The molecule has 0 aromatic heterocycles. The molecule has 2 N–H and O–H groups in total. The number of carbonyl (C=O) groups excluding carboxylic acids is 1. The van der Waals surface area contributed by atoms with Gasteiger partial charge in [-0.2, -0.15) is 0 Å². The second-order valence-electron chi connectivity index (χ2n) is 4.93. The van der Waals surface area contributed by atoms with Crippen molar-refractivity contribution in [1.82, 2.24) is 4.90 Å². The van der Waals surface area contributed by atoms with Crippen LogP contribution in [0, 0.1) is 0 Å². The standard InChI is InChI=1S/C14H18F2N2O2/c15-14(16)7-9-18(8-6-12(14)17)13(19)20-10-11-4-2-1-3-5-11/h1-5,12H,6-10,17H2/t12-/m1/s1. The van der Waals surface area contributed by atoms with E-state index in [1.54, 1.807) is 0 Å². The number of amides is 1. The summed E-state index contributed by atoms with van der Waals surface area (Å²) >= 11 is 0. The van der Waals surface area contributed by atoms with Gasteiger partial charge in [0.25, 0.3) is 5.92 Å². The van der Waals surface area contributed by atoms with Crippen molar-refractivity contribution in [3.8, 4) is 0 Å². The Balaban J connectivity index is 1.87. The Morgan fingerprint density at radius 1 is 1.35 bits per heavy atom. The minimum absolute atomic E-state index is 0.0334. The van der Waals surface area contributed by atoms with E-state index in [4.69, 9.17) is 10.5 Å². The van der Waals surface area contributed by atoms with Crippen molar-refractivity contribution < 1.29 is 18.3 Å². The van der Waals surface area contributed by atoms with Crippen LogP contribution in [0.15, 0.2) is 30.3 Å². The first-order valence-corrected chi connectivity index (χ1v) is 6.58. The summed E-state index contributed by atoms with van der Waals surface area (Å²) in [5.41, 5.74) is 6.27. The molecule has 0 bridgehead atoms. The number of likely N-dealkylation sites (tertiary alicyclic amines) is 1. The third-order valence-electron chi connectivity index (χ3n) is 3.43. The van der Waals surface area contributed by atoms with Gasteiger partial charge in [0, 0.05) is 19.5 Å². The largest absolute Gasteiger partial charge is 0.445 e. The van der Waals surface area contributed by atoms with Crippen LogP contribution in [-0.2, 0) is 11.3 Å². The van der Waals surface area contributed by atoms with Crippen molar-refractivity contribution >= 4 is 6.09 Å². The second kappa shape index (κ2) is 6.17. The lowest BCUT2D eigenvalue weighted by atomic mass is 10.1. The maximum Gasteiger partial charge on any atom is 0.410 e. The summed E-state index contributed by atoms with van der Waals surface area (Å²) in [5.74, 6) is -2.92. The van der Waals surface area contributed by atoms with Gasteiger partial charge in [0.15, 0.2) is 0 Å². The predicted octanol–water partition coefficient (Wildman–Crippen LogP) is 2.38. The van der Waals surface area contributed by atoms with Gasteiger partial charge in [-0.05, 0) is 12.0 Å². The number of ether oxygens (including phenoxy) is 1. The molecule has 0 spiro atoms. The van der Waals surface area contributed by atoms with Crippen LogP contribution in [0.4, 0.5) is 13.6 Å². The fraction of sp³-hybridized carbons (Fsp3) is 0.500. The van der Waals surface area contributed by atoms with Crippen LogP contribution in [0.5, 0.6) is 0 Å². The quantitative estimate of drug-likeness (QED) is 0.907. The van der Waals surface area contributed by atoms with Crippen LogP contribution in [0.3, 0.4) is 0 Å². The molecule has 1 atom stereocenters. The topological polar surface area (TPSA) is 55.6 Å². The number of hydrogen-bond donors (Lipinski definition) is 1. The fourth-order valence-corrected chi connectivity index (χ4v) is 2.08. The van der Waals surface area contributed by atoms with E-state index in [0.29, 0.717) is 0 Å². The molecule has 110 valence electrons. The first-order valence-electron chi connectivity index (χ1n) is 6.58. The molecule has 6 heteroatoms. The van der Waals surface area contributed by atoms with E-state index in [0.717, 1.165) is 5.56 Å². The smallest absolute Gasteiger partial charge is 0.410 e. The lowest BCUT2D eigenvalue weighted by Crippen LogP contribution is -2.40. The minimum atomic E-state index is -2.92. The molecule has 4 nitrogen and oxygen atoms in total. The summed E-state index contributed by atoms with van der Waals surface area (Å²) in [5, 5.41) is 0. The van der Waals surface area contributed by atoms with Gasteiger partial charge in [0.05, 0.1) is 6.04 Å². The Kier molecular flexibility index (Phi) is 4.54. The van der Waals surface area contributed by atoms with Crippen LogP contribution in [0.1, 0.15) is 18.4 Å². The van der Waals surface area contributed by atoms with Gasteiger partial charge < -0.3 is 15.4 Å². The number of carbonyl (C=O) groups is 1. The van der Waals surface area contributed by atoms with Gasteiger partial charge in [0.1, 0.15) is 6.61 Å². The van der Waals surface area contributed by atoms with Crippen LogP contribution < -0.4 is 5.73 Å². The number of benzene rings is 1. The van der Waals surface area contributed by atoms with Crippen molar-refractivity contribution in [3.05, 3.63) is 35.9 Å². The zero-order valence-corrected chi connectivity index (χ0v) is 11.1. The maximum atomic E-state index is 13.4. The van der Waals surface area contributed by atoms with Crippen LogP contribution in [0.2, 0.25) is 0 Å². The maximum absolute atomic E-state index is 13.4. The van der Waals surface area contributed by atoms with Crippen molar-refractivity contribution in [2.45, 2.75) is 31.4 Å². The average molecular weight is 284 g/mol. The third-order valence-corrected chi connectivity index (χ3v) is 3.43. The molecule has 1 amide bonds. The van der Waals surface area contributed by atoms with Crippen molar-refractivity contribution in [3.63, 3.8) is 0 Å². The zero-order chi connectivity index (χ0) is 14.6. The van der Waals surface area contributed by atoms with E-state index in [9.17, 15) is 13.6 Å². The molecule has 1 aromatic rings. The first-order chi connectivity index (χ1) is 9.49. The second-order valence-corrected chi connectivity index (χ2v) is 4.93. The molecule has 1 heterocycles. The van der Waals surface area contributed by atoms with Gasteiger partial charge in [-0.3, -0.25) is 0 Å². The first kappa shape index (κ1) is 14.7. The number of halogens is 2. The predicted molar refractivity (Wildman–Crippen MR) is 70.4 cm³/mol. The molecule has 1 aliphatic rings. The SMILES string of the molecule is N[C@@H]1CCN(C(=O)OCc2ccccc2)CCC1(F)F. The van der Waals surface area contributed by atoms with E-state index in [1.165, 1.54) is 4.90 Å². The molecule has 0 aliphatic carbocycles. The molecule has 0 saturated carbocycles. The molecule has 0 radical (unpaired) electrons. The molecule has 1 aromatic carbocycles. The van der Waals surface area contributed by atoms with Gasteiger partial charge in [-0.1, -0.05) is 30.3 Å². The van der Waals surface area contributed by atoms with Crippen LogP contribution in [0.25, 0.3) is 0 Å². The lowest BCUT2D eigenvalue weighted by Gasteiger charge is -2.20. The summed E-state index contributed by atoms with van der Waals surface area (Å²) in [6, 6.07) is 8.02. The van der Waals surface area contributed by atoms with Gasteiger partial charge >= 0.3 is 6.09 Å². The fourth-order valence-electron chi connectivity index (χ4n) is 2.08. The number of nitrogens with zero attached hydrogens (tertiary/aromatic N) is 1. The van der Waals surface area contributed by atoms with Crippen molar-refractivity contribution in [1.29, 1.82) is 0 Å². The highest BCUT2D eigenvalue weighted by Gasteiger charge is 2.40. The van der Waals surface area contributed by atoms with Crippen molar-refractivity contribution in [2.75, 3.05) is 13.1 Å². The Hall–Kier alpha value is -1.69. The molecule has 1 fully saturated rings. The van der Waals surface area contributed by atoms with Gasteiger partial charge in [-0.15, -0.1) is 0 Å². The third kappa shape index (κ3) is 3.66. The zero-order valence-electron chi connectivity index (χ0n) is 11.1. The monoisotopic (exact) mass is 284 g/mol. The Morgan fingerprint density at radius 3 is 2.75 bits per heavy atom. The number of hydrogen-bond acceptors (Lipinski definition) is 3. The molecule has 20 heavy (non-hydrogen) atoms. The van der Waals surface area contributed by atoms with Crippen molar-refractivity contribution in [2.24, 2.45) is 5.73 Å². The highest BCUT2D eigenvalue weighted by molar-refractivity contribution is 5.67. The summed E-state index contributed by atoms with van der Waals surface area (Å²) < 4.78 is 32.0. The Morgan fingerprint density at radius 2 is 2.05 bits per heavy atom. The number of rotatable bonds is 2. The van der Waals surface area contributed by atoms with Crippen LogP contribution >= 0.6 is 0 Å². The molecule has 0 unspecified atom stereocenters. The summed E-state index contributed by atoms with van der Waals surface area (Å²) in [7, 11) is 0. The summed E-state index contributed by atoms with van der Waals surface area (Å²) in [6.07, 6.45) is -0.916. The summed E-state index contributed by atoms with van der Waals surface area (Å²) in [6.45, 7) is 0.303. The normalized spacial score (nSPS) is 22.1. The van der Waals surface area contributed by atoms with E-state index in [-0.39, 0.29) is 26.1 Å². The highest BCUT2D eigenvalue weighted by Crippen LogP contribution is 2.27. The molecular formula is C14H18F2N2O2. The Bertz CT molecular complexity index is 454. The molecule has 1 saturated heterocycles. The van der Waals surface area contributed by atoms with E-state index in [2.05, 4.69) is 0 Å². The number of nitrogens with two attached hydrogens (primary N) is 1. The van der Waals surface area contributed by atoms with E-state index in [1.807, 2.05) is 30.3 Å². The van der Waals surface area contributed by atoms with Gasteiger partial charge in [-0.25, -0.2) is 13.6 Å².